The lowest BCUT2D eigenvalue weighted by molar-refractivity contribution is -0.384. The Kier molecular flexibility index (Phi) is 4.19. The van der Waals surface area contributed by atoms with Gasteiger partial charge in [-0.15, -0.1) is 0 Å². The predicted molar refractivity (Wildman–Crippen MR) is 75.1 cm³/mol. The van der Waals surface area contributed by atoms with Crippen LogP contribution in [-0.2, 0) is 0 Å². The minimum absolute atomic E-state index is 0.0122. The first-order chi connectivity index (χ1) is 9.10. The van der Waals surface area contributed by atoms with Crippen LogP contribution in [0.4, 0.5) is 17.3 Å². The minimum atomic E-state index is -0.425. The van der Waals surface area contributed by atoms with Gasteiger partial charge in [-0.05, 0) is 18.8 Å². The van der Waals surface area contributed by atoms with Gasteiger partial charge in [-0.25, -0.2) is 4.98 Å². The summed E-state index contributed by atoms with van der Waals surface area (Å²) in [5.74, 6) is 1.61. The van der Waals surface area contributed by atoms with E-state index in [9.17, 15) is 10.1 Å². The average molecular weight is 264 g/mol. The van der Waals surface area contributed by atoms with E-state index in [1.165, 1.54) is 25.0 Å². The Hall–Kier alpha value is -1.85. The lowest BCUT2D eigenvalue weighted by Gasteiger charge is -2.32. The molecule has 0 unspecified atom stereocenters. The fourth-order valence-electron chi connectivity index (χ4n) is 2.65. The number of hydrogen-bond donors (Lipinski definition) is 1. The molecule has 0 radical (unpaired) electrons. The van der Waals surface area contributed by atoms with E-state index in [1.807, 2.05) is 0 Å². The maximum absolute atomic E-state index is 10.8. The number of nitrogens with zero attached hydrogens (tertiary/aromatic N) is 3. The van der Waals surface area contributed by atoms with Gasteiger partial charge in [-0.1, -0.05) is 19.8 Å². The number of rotatable bonds is 4. The second-order valence-electron chi connectivity index (χ2n) is 5.08. The van der Waals surface area contributed by atoms with Gasteiger partial charge >= 0.3 is 0 Å². The molecule has 2 N–H and O–H groups in total. The number of hydrogen-bond acceptors (Lipinski definition) is 5. The van der Waals surface area contributed by atoms with E-state index in [2.05, 4.69) is 16.8 Å². The van der Waals surface area contributed by atoms with Gasteiger partial charge in [0.1, 0.15) is 11.6 Å². The van der Waals surface area contributed by atoms with E-state index in [1.54, 1.807) is 0 Å². The number of aromatic nitrogens is 1. The monoisotopic (exact) mass is 264 g/mol. The Morgan fingerprint density at radius 3 is 2.74 bits per heavy atom. The third-order valence-electron chi connectivity index (χ3n) is 3.66. The Morgan fingerprint density at radius 2 is 2.16 bits per heavy atom. The van der Waals surface area contributed by atoms with Crippen LogP contribution < -0.4 is 10.6 Å². The van der Waals surface area contributed by atoms with Crippen LogP contribution in [0.25, 0.3) is 0 Å². The molecule has 0 bridgehead atoms. The van der Waals surface area contributed by atoms with Crippen molar-refractivity contribution in [2.24, 2.45) is 5.92 Å². The Bertz CT molecular complexity index is 456. The standard InChI is InChI=1S/C13H20N4O2/c1-2-3-10-4-6-16(7-5-10)13-9-11(17(18)19)8-12(14)15-13/h8-10H,2-7H2,1H3,(H2,14,15). The lowest BCUT2D eigenvalue weighted by Crippen LogP contribution is -2.34. The van der Waals surface area contributed by atoms with Crippen molar-refractivity contribution < 1.29 is 4.92 Å². The molecule has 1 aliphatic rings. The van der Waals surface area contributed by atoms with Crippen LogP contribution in [0.3, 0.4) is 0 Å². The highest BCUT2D eigenvalue weighted by Crippen LogP contribution is 2.27. The summed E-state index contributed by atoms with van der Waals surface area (Å²) in [6, 6.07) is 2.81. The Labute approximate surface area is 112 Å². The molecule has 6 nitrogen and oxygen atoms in total. The molecule has 2 heterocycles. The van der Waals surface area contributed by atoms with Crippen LogP contribution >= 0.6 is 0 Å². The number of nitrogen functional groups attached to an aromatic ring is 1. The van der Waals surface area contributed by atoms with E-state index in [0.717, 1.165) is 31.8 Å². The van der Waals surface area contributed by atoms with Crippen molar-refractivity contribution in [2.45, 2.75) is 32.6 Å². The second kappa shape index (κ2) is 5.86. The summed E-state index contributed by atoms with van der Waals surface area (Å²) >= 11 is 0. The quantitative estimate of drug-likeness (QED) is 0.667. The van der Waals surface area contributed by atoms with Gasteiger partial charge in [0, 0.05) is 13.1 Å². The predicted octanol–water partition coefficient (Wildman–Crippen LogP) is 2.59. The van der Waals surface area contributed by atoms with Crippen molar-refractivity contribution in [1.29, 1.82) is 0 Å². The Balaban J connectivity index is 2.09. The molecular weight excluding hydrogens is 244 g/mol. The van der Waals surface area contributed by atoms with Crippen LogP contribution in [0.5, 0.6) is 0 Å². The van der Waals surface area contributed by atoms with Crippen molar-refractivity contribution in [2.75, 3.05) is 23.7 Å². The van der Waals surface area contributed by atoms with Gasteiger partial charge in [0.2, 0.25) is 0 Å². The van der Waals surface area contributed by atoms with Crippen molar-refractivity contribution in [3.63, 3.8) is 0 Å². The summed E-state index contributed by atoms with van der Waals surface area (Å²) in [5, 5.41) is 10.8. The van der Waals surface area contributed by atoms with E-state index < -0.39 is 4.92 Å². The van der Waals surface area contributed by atoms with Gasteiger partial charge in [-0.3, -0.25) is 10.1 Å². The number of piperidine rings is 1. The zero-order valence-corrected chi connectivity index (χ0v) is 11.2. The second-order valence-corrected chi connectivity index (χ2v) is 5.08. The molecule has 1 saturated heterocycles. The summed E-state index contributed by atoms with van der Waals surface area (Å²) in [7, 11) is 0. The number of nitro groups is 1. The summed E-state index contributed by atoms with van der Waals surface area (Å²) in [5.41, 5.74) is 5.65. The summed E-state index contributed by atoms with van der Waals surface area (Å²) in [4.78, 5) is 16.7. The first-order valence-electron chi connectivity index (χ1n) is 6.77. The highest BCUT2D eigenvalue weighted by molar-refractivity contribution is 5.54. The van der Waals surface area contributed by atoms with Gasteiger partial charge in [0.15, 0.2) is 0 Å². The topological polar surface area (TPSA) is 85.3 Å². The number of anilines is 2. The maximum Gasteiger partial charge on any atom is 0.276 e. The molecule has 6 heteroatoms. The van der Waals surface area contributed by atoms with Crippen LogP contribution in [0, 0.1) is 16.0 Å². The summed E-state index contributed by atoms with van der Waals surface area (Å²) in [6.07, 6.45) is 4.72. The molecule has 1 aromatic rings. The smallest absolute Gasteiger partial charge is 0.276 e. The first kappa shape index (κ1) is 13.6. The fraction of sp³-hybridized carbons (Fsp3) is 0.615. The van der Waals surface area contributed by atoms with Gasteiger partial charge in [-0.2, -0.15) is 0 Å². The first-order valence-corrected chi connectivity index (χ1v) is 6.77. The van der Waals surface area contributed by atoms with E-state index in [-0.39, 0.29) is 11.5 Å². The minimum Gasteiger partial charge on any atom is -0.383 e. The van der Waals surface area contributed by atoms with Crippen molar-refractivity contribution in [1.82, 2.24) is 4.98 Å². The normalized spacial score (nSPS) is 16.6. The van der Waals surface area contributed by atoms with E-state index in [4.69, 9.17) is 5.73 Å². The average Bonchev–Trinajstić information content (AvgIpc) is 2.39. The van der Waals surface area contributed by atoms with Crippen LogP contribution in [0.1, 0.15) is 32.6 Å². The maximum atomic E-state index is 10.8. The lowest BCUT2D eigenvalue weighted by atomic mass is 9.92. The molecular formula is C13H20N4O2. The molecule has 1 aliphatic heterocycles. The Morgan fingerprint density at radius 1 is 1.47 bits per heavy atom. The third kappa shape index (κ3) is 3.33. The van der Waals surface area contributed by atoms with Crippen molar-refractivity contribution in [3.05, 3.63) is 22.2 Å². The van der Waals surface area contributed by atoms with Crippen LogP contribution in [0.2, 0.25) is 0 Å². The number of pyridine rings is 1. The molecule has 19 heavy (non-hydrogen) atoms. The molecule has 2 rings (SSSR count). The van der Waals surface area contributed by atoms with Crippen LogP contribution in [0.15, 0.2) is 12.1 Å². The molecule has 1 aromatic heterocycles. The molecule has 0 saturated carbocycles. The zero-order chi connectivity index (χ0) is 13.8. The highest BCUT2D eigenvalue weighted by Gasteiger charge is 2.21. The highest BCUT2D eigenvalue weighted by atomic mass is 16.6. The fourth-order valence-corrected chi connectivity index (χ4v) is 2.65. The molecule has 1 fully saturated rings. The van der Waals surface area contributed by atoms with E-state index >= 15 is 0 Å². The van der Waals surface area contributed by atoms with Crippen molar-refractivity contribution >= 4 is 17.3 Å². The molecule has 0 amide bonds. The van der Waals surface area contributed by atoms with E-state index in [0.29, 0.717) is 5.82 Å². The van der Waals surface area contributed by atoms with Gasteiger partial charge < -0.3 is 10.6 Å². The third-order valence-corrected chi connectivity index (χ3v) is 3.66. The molecule has 104 valence electrons. The van der Waals surface area contributed by atoms with Crippen molar-refractivity contribution in [3.8, 4) is 0 Å². The summed E-state index contributed by atoms with van der Waals surface area (Å²) in [6.45, 7) is 4.01. The molecule has 0 aromatic carbocycles. The molecule has 0 aliphatic carbocycles. The zero-order valence-electron chi connectivity index (χ0n) is 11.2. The van der Waals surface area contributed by atoms with Gasteiger partial charge in [0.25, 0.3) is 5.69 Å². The van der Waals surface area contributed by atoms with Crippen LogP contribution in [-0.4, -0.2) is 23.0 Å². The van der Waals surface area contributed by atoms with Gasteiger partial charge in [0.05, 0.1) is 17.1 Å². The SMILES string of the molecule is CCCC1CCN(c2cc([N+](=O)[O-])cc(N)n2)CC1. The molecule has 0 atom stereocenters. The largest absolute Gasteiger partial charge is 0.383 e. The summed E-state index contributed by atoms with van der Waals surface area (Å²) < 4.78 is 0. The molecule has 0 spiro atoms. The number of nitrogens with two attached hydrogens (primary N) is 1.